The molecule has 122 valence electrons. The molecular formula is C16H13N3O3S2. The van der Waals surface area contributed by atoms with Crippen molar-refractivity contribution in [3.8, 4) is 0 Å². The van der Waals surface area contributed by atoms with Crippen molar-refractivity contribution >= 4 is 50.7 Å². The van der Waals surface area contributed by atoms with Crippen molar-refractivity contribution in [1.82, 2.24) is 9.97 Å². The summed E-state index contributed by atoms with van der Waals surface area (Å²) in [5.74, 6) is -0.124. The van der Waals surface area contributed by atoms with Crippen LogP contribution in [-0.2, 0) is 4.79 Å². The summed E-state index contributed by atoms with van der Waals surface area (Å²) in [6, 6.07) is 8.40. The largest absolute Gasteiger partial charge is 0.325 e. The Balaban J connectivity index is 1.62. The molecule has 0 bridgehead atoms. The number of nitrogens with zero attached hydrogens (tertiary/aromatic N) is 1. The number of anilines is 1. The number of nitrogens with one attached hydrogen (secondary N) is 2. The number of aromatic nitrogens is 2. The topological polar surface area (TPSA) is 91.9 Å². The SMILES string of the molecule is CC(=O)c1ccc(NC(=O)CSc2nc3sccc3c(=O)[nH]2)cc1. The quantitative estimate of drug-likeness (QED) is 0.415. The zero-order valence-electron chi connectivity index (χ0n) is 12.7. The third-order valence-corrected chi connectivity index (χ3v) is 4.91. The highest BCUT2D eigenvalue weighted by Crippen LogP contribution is 2.19. The summed E-state index contributed by atoms with van der Waals surface area (Å²) in [6.45, 7) is 1.49. The number of Topliss-reactive ketones (excluding diaryl/α,β-unsaturated/α-hetero) is 1. The van der Waals surface area contributed by atoms with Crippen molar-refractivity contribution in [2.24, 2.45) is 0 Å². The lowest BCUT2D eigenvalue weighted by Gasteiger charge is -2.05. The van der Waals surface area contributed by atoms with Gasteiger partial charge in [0.25, 0.3) is 5.56 Å². The first kappa shape index (κ1) is 16.4. The van der Waals surface area contributed by atoms with Gasteiger partial charge in [-0.25, -0.2) is 4.98 Å². The summed E-state index contributed by atoms with van der Waals surface area (Å²) in [4.78, 5) is 42.7. The number of carbonyl (C=O) groups excluding carboxylic acids is 2. The van der Waals surface area contributed by atoms with Gasteiger partial charge >= 0.3 is 0 Å². The molecule has 0 aliphatic heterocycles. The van der Waals surface area contributed by atoms with Crippen LogP contribution < -0.4 is 10.9 Å². The average Bonchev–Trinajstić information content (AvgIpc) is 3.02. The lowest BCUT2D eigenvalue weighted by Crippen LogP contribution is -2.15. The Morgan fingerprint density at radius 1 is 1.25 bits per heavy atom. The molecule has 0 saturated carbocycles. The second-order valence-electron chi connectivity index (χ2n) is 4.98. The van der Waals surface area contributed by atoms with E-state index in [0.29, 0.717) is 26.6 Å². The molecule has 2 aromatic heterocycles. The van der Waals surface area contributed by atoms with E-state index in [0.717, 1.165) is 11.8 Å². The minimum absolute atomic E-state index is 0.0255. The Labute approximate surface area is 145 Å². The predicted molar refractivity (Wildman–Crippen MR) is 96.0 cm³/mol. The van der Waals surface area contributed by atoms with Gasteiger partial charge in [0.2, 0.25) is 5.91 Å². The number of ketones is 1. The zero-order chi connectivity index (χ0) is 17.1. The van der Waals surface area contributed by atoms with Gasteiger partial charge in [0.05, 0.1) is 11.1 Å². The Morgan fingerprint density at radius 2 is 2.00 bits per heavy atom. The number of carbonyl (C=O) groups is 2. The second kappa shape index (κ2) is 6.98. The number of amides is 1. The molecule has 0 unspecified atom stereocenters. The second-order valence-corrected chi connectivity index (χ2v) is 6.84. The van der Waals surface area contributed by atoms with Crippen LogP contribution in [0, 0.1) is 0 Å². The first-order valence-corrected chi connectivity index (χ1v) is 8.90. The van der Waals surface area contributed by atoms with Gasteiger partial charge in [-0.05, 0) is 42.6 Å². The van der Waals surface area contributed by atoms with E-state index in [9.17, 15) is 14.4 Å². The molecule has 0 atom stereocenters. The van der Waals surface area contributed by atoms with E-state index in [2.05, 4.69) is 15.3 Å². The molecule has 0 aliphatic carbocycles. The van der Waals surface area contributed by atoms with Crippen LogP contribution in [0.25, 0.3) is 10.2 Å². The van der Waals surface area contributed by atoms with E-state index >= 15 is 0 Å². The maximum absolute atomic E-state index is 12.0. The maximum Gasteiger partial charge on any atom is 0.260 e. The summed E-state index contributed by atoms with van der Waals surface area (Å²) in [5.41, 5.74) is 0.998. The molecule has 1 aromatic carbocycles. The highest BCUT2D eigenvalue weighted by Gasteiger charge is 2.09. The van der Waals surface area contributed by atoms with Crippen molar-refractivity contribution in [1.29, 1.82) is 0 Å². The van der Waals surface area contributed by atoms with Crippen molar-refractivity contribution in [3.63, 3.8) is 0 Å². The van der Waals surface area contributed by atoms with Crippen molar-refractivity contribution in [2.45, 2.75) is 12.1 Å². The molecular weight excluding hydrogens is 346 g/mol. The van der Waals surface area contributed by atoms with Gasteiger partial charge < -0.3 is 10.3 Å². The fourth-order valence-corrected chi connectivity index (χ4v) is 3.52. The van der Waals surface area contributed by atoms with Crippen molar-refractivity contribution in [2.75, 3.05) is 11.1 Å². The molecule has 0 aliphatic rings. The molecule has 1 amide bonds. The molecule has 3 aromatic rings. The van der Waals surface area contributed by atoms with Crippen LogP contribution in [0.4, 0.5) is 5.69 Å². The Bertz CT molecular complexity index is 961. The number of thioether (sulfide) groups is 1. The number of benzene rings is 1. The normalized spacial score (nSPS) is 10.7. The minimum atomic E-state index is -0.218. The number of thiophene rings is 1. The van der Waals surface area contributed by atoms with Gasteiger partial charge in [0, 0.05) is 11.3 Å². The molecule has 24 heavy (non-hydrogen) atoms. The predicted octanol–water partition coefficient (Wildman–Crippen LogP) is 2.92. The molecule has 2 N–H and O–H groups in total. The zero-order valence-corrected chi connectivity index (χ0v) is 14.3. The molecule has 0 spiro atoms. The van der Waals surface area contributed by atoms with Crippen LogP contribution in [-0.4, -0.2) is 27.4 Å². The lowest BCUT2D eigenvalue weighted by atomic mass is 10.1. The molecule has 8 heteroatoms. The van der Waals surface area contributed by atoms with E-state index in [-0.39, 0.29) is 23.0 Å². The van der Waals surface area contributed by atoms with Crippen LogP contribution in [0.15, 0.2) is 45.7 Å². The molecule has 0 saturated heterocycles. The Hall–Kier alpha value is -2.45. The fourth-order valence-electron chi connectivity index (χ4n) is 2.03. The number of fused-ring (bicyclic) bond motifs is 1. The molecule has 0 fully saturated rings. The van der Waals surface area contributed by atoms with Crippen LogP contribution in [0.5, 0.6) is 0 Å². The highest BCUT2D eigenvalue weighted by atomic mass is 32.2. The van der Waals surface area contributed by atoms with Crippen molar-refractivity contribution in [3.05, 3.63) is 51.6 Å². The number of hydrogen-bond donors (Lipinski definition) is 2. The van der Waals surface area contributed by atoms with E-state index in [1.807, 2.05) is 0 Å². The van der Waals surface area contributed by atoms with Gasteiger partial charge in [-0.2, -0.15) is 0 Å². The molecule has 0 radical (unpaired) electrons. The summed E-state index contributed by atoms with van der Waals surface area (Å²) < 4.78 is 0. The van der Waals surface area contributed by atoms with Gasteiger partial charge in [-0.1, -0.05) is 11.8 Å². The van der Waals surface area contributed by atoms with Crippen LogP contribution in [0.1, 0.15) is 17.3 Å². The summed E-state index contributed by atoms with van der Waals surface area (Å²) in [7, 11) is 0. The number of rotatable bonds is 5. The van der Waals surface area contributed by atoms with E-state index < -0.39 is 0 Å². The van der Waals surface area contributed by atoms with Gasteiger partial charge in [-0.15, -0.1) is 11.3 Å². The average molecular weight is 359 g/mol. The maximum atomic E-state index is 12.0. The fraction of sp³-hybridized carbons (Fsp3) is 0.125. The smallest absolute Gasteiger partial charge is 0.260 e. The van der Waals surface area contributed by atoms with Crippen LogP contribution in [0.3, 0.4) is 0 Å². The van der Waals surface area contributed by atoms with Gasteiger partial charge in [0.15, 0.2) is 10.9 Å². The molecule has 3 rings (SSSR count). The van der Waals surface area contributed by atoms with Crippen molar-refractivity contribution < 1.29 is 9.59 Å². The summed E-state index contributed by atoms with van der Waals surface area (Å²) in [6.07, 6.45) is 0. The van der Waals surface area contributed by atoms with E-state index in [4.69, 9.17) is 0 Å². The lowest BCUT2D eigenvalue weighted by molar-refractivity contribution is -0.113. The summed E-state index contributed by atoms with van der Waals surface area (Å²) >= 11 is 2.55. The molecule has 6 nitrogen and oxygen atoms in total. The standard InChI is InChI=1S/C16H13N3O3S2/c1-9(20)10-2-4-11(5-3-10)17-13(21)8-24-16-18-14(22)12-6-7-23-15(12)19-16/h2-7H,8H2,1H3,(H,17,21)(H,18,19,22). The Kier molecular flexibility index (Phi) is 4.77. The highest BCUT2D eigenvalue weighted by molar-refractivity contribution is 7.99. The first-order valence-electron chi connectivity index (χ1n) is 7.04. The first-order chi connectivity index (χ1) is 11.5. The van der Waals surface area contributed by atoms with Gasteiger partial charge in [-0.3, -0.25) is 14.4 Å². The monoisotopic (exact) mass is 359 g/mol. The minimum Gasteiger partial charge on any atom is -0.325 e. The third-order valence-electron chi connectivity index (χ3n) is 3.23. The number of hydrogen-bond acceptors (Lipinski definition) is 6. The Morgan fingerprint density at radius 3 is 2.71 bits per heavy atom. The third kappa shape index (κ3) is 3.72. The van der Waals surface area contributed by atoms with Crippen LogP contribution in [0.2, 0.25) is 0 Å². The van der Waals surface area contributed by atoms with Gasteiger partial charge in [0.1, 0.15) is 4.83 Å². The molecule has 2 heterocycles. The van der Waals surface area contributed by atoms with E-state index in [1.165, 1.54) is 18.3 Å². The van der Waals surface area contributed by atoms with Crippen LogP contribution >= 0.6 is 23.1 Å². The number of H-pyrrole nitrogens is 1. The van der Waals surface area contributed by atoms with E-state index in [1.54, 1.807) is 35.7 Å². The number of aromatic amines is 1. The summed E-state index contributed by atoms with van der Waals surface area (Å²) in [5, 5.41) is 5.51.